The number of methoxy groups -OCH3 is 1. The van der Waals surface area contributed by atoms with Gasteiger partial charge >= 0.3 is 18.3 Å². The lowest BCUT2D eigenvalue weighted by atomic mass is 10.1. The van der Waals surface area contributed by atoms with E-state index in [2.05, 4.69) is 15.1 Å². The topological polar surface area (TPSA) is 90.1 Å². The number of carboxylic acids is 1. The van der Waals surface area contributed by atoms with E-state index in [0.29, 0.717) is 4.68 Å². The first-order valence-corrected chi connectivity index (χ1v) is 10.7. The molecule has 0 aliphatic carbocycles. The average Bonchev–Trinajstić information content (AvgIpc) is 3.30. The molecule has 0 aliphatic heterocycles. The molecule has 7 nitrogen and oxygen atoms in total. The predicted molar refractivity (Wildman–Crippen MR) is 123 cm³/mol. The van der Waals surface area contributed by atoms with E-state index in [4.69, 9.17) is 4.74 Å². The third-order valence-corrected chi connectivity index (χ3v) is 5.32. The summed E-state index contributed by atoms with van der Waals surface area (Å²) >= 11 is 0. The lowest BCUT2D eigenvalue weighted by Crippen LogP contribution is -2.09. The van der Waals surface area contributed by atoms with Gasteiger partial charge in [-0.25, -0.2) is 19.4 Å². The molecule has 4 rings (SSSR count). The van der Waals surface area contributed by atoms with Gasteiger partial charge in [-0.15, -0.1) is 5.10 Å². The largest absolute Gasteiger partial charge is 0.481 e. The highest BCUT2D eigenvalue weighted by molar-refractivity contribution is 6.19. The van der Waals surface area contributed by atoms with Crippen LogP contribution >= 0.6 is 0 Å². The lowest BCUT2D eigenvalue weighted by Gasteiger charge is -2.12. The lowest BCUT2D eigenvalue weighted by molar-refractivity contribution is -0.137. The Morgan fingerprint density at radius 2 is 1.47 bits per heavy atom. The number of carbonyl (C=O) groups is 1. The van der Waals surface area contributed by atoms with Crippen molar-refractivity contribution in [3.63, 3.8) is 0 Å². The molecule has 0 spiro atoms. The maximum Gasteiger partial charge on any atom is 0.417 e. The summed E-state index contributed by atoms with van der Waals surface area (Å²) in [4.78, 5) is 20.0. The number of hydrogen-bond acceptors (Lipinski definition) is 5. The second-order valence-electron chi connectivity index (χ2n) is 7.73. The predicted octanol–water partition coefficient (Wildman–Crippen LogP) is 6.14. The Balaban J connectivity index is 2.00. The van der Waals surface area contributed by atoms with Gasteiger partial charge in [0.15, 0.2) is 11.6 Å². The number of pyridine rings is 1. The van der Waals surface area contributed by atoms with Crippen LogP contribution in [0.2, 0.25) is 0 Å². The highest BCUT2D eigenvalue weighted by atomic mass is 19.4. The standard InChI is InChI=1S/C25H16F6N4O3/c1-38-20-11-10-14(12-32-20)17(23(36)37)13-35-22(16-7-3-5-9-19(16)25(29,30)31)33-21(34-35)15-6-2-4-8-18(15)24(26,27)28/h2-13H,1H3,(H,36,37). The Morgan fingerprint density at radius 3 is 2.00 bits per heavy atom. The SMILES string of the molecule is COc1ccc(C(=Cn2nc(-c3ccccc3C(F)(F)F)nc2-c2ccccc2C(F)(F)F)C(=O)O)cn1. The molecular formula is C25H16F6N4O3. The third kappa shape index (κ3) is 5.36. The van der Waals surface area contributed by atoms with Crippen molar-refractivity contribution in [1.82, 2.24) is 19.7 Å². The molecular weight excluding hydrogens is 518 g/mol. The molecule has 2 heterocycles. The highest BCUT2D eigenvalue weighted by Gasteiger charge is 2.37. The maximum absolute atomic E-state index is 13.8. The zero-order valence-electron chi connectivity index (χ0n) is 19.2. The van der Waals surface area contributed by atoms with Gasteiger partial charge in [-0.1, -0.05) is 36.4 Å². The monoisotopic (exact) mass is 534 g/mol. The van der Waals surface area contributed by atoms with E-state index < -0.39 is 57.8 Å². The van der Waals surface area contributed by atoms with Crippen LogP contribution in [0.1, 0.15) is 16.7 Å². The van der Waals surface area contributed by atoms with Gasteiger partial charge in [0.25, 0.3) is 0 Å². The van der Waals surface area contributed by atoms with Crippen molar-refractivity contribution >= 4 is 17.7 Å². The van der Waals surface area contributed by atoms with Crippen LogP contribution < -0.4 is 4.74 Å². The van der Waals surface area contributed by atoms with Crippen LogP contribution in [0.25, 0.3) is 34.5 Å². The van der Waals surface area contributed by atoms with E-state index in [-0.39, 0.29) is 11.4 Å². The first-order chi connectivity index (χ1) is 17.9. The molecule has 38 heavy (non-hydrogen) atoms. The molecule has 4 aromatic rings. The smallest absolute Gasteiger partial charge is 0.417 e. The van der Waals surface area contributed by atoms with Gasteiger partial charge in [0.2, 0.25) is 5.88 Å². The summed E-state index contributed by atoms with van der Waals surface area (Å²) in [5.74, 6) is -2.41. The van der Waals surface area contributed by atoms with Crippen molar-refractivity contribution in [3.8, 4) is 28.7 Å². The minimum atomic E-state index is -4.85. The van der Waals surface area contributed by atoms with Gasteiger partial charge < -0.3 is 9.84 Å². The van der Waals surface area contributed by atoms with Crippen LogP contribution in [0, 0.1) is 0 Å². The molecule has 0 unspecified atom stereocenters. The zero-order valence-corrected chi connectivity index (χ0v) is 19.2. The van der Waals surface area contributed by atoms with E-state index in [1.165, 1.54) is 31.4 Å². The molecule has 13 heteroatoms. The molecule has 0 fully saturated rings. The fourth-order valence-corrected chi connectivity index (χ4v) is 3.60. The van der Waals surface area contributed by atoms with Crippen LogP contribution in [-0.4, -0.2) is 37.9 Å². The quantitative estimate of drug-likeness (QED) is 0.236. The van der Waals surface area contributed by atoms with E-state index in [1.54, 1.807) is 0 Å². The molecule has 0 atom stereocenters. The summed E-state index contributed by atoms with van der Waals surface area (Å²) in [6.07, 6.45) is -7.65. The second kappa shape index (κ2) is 10.00. The van der Waals surface area contributed by atoms with Crippen molar-refractivity contribution in [2.75, 3.05) is 7.11 Å². The highest BCUT2D eigenvalue weighted by Crippen LogP contribution is 2.39. The second-order valence-corrected chi connectivity index (χ2v) is 7.73. The molecule has 2 aromatic carbocycles. The molecule has 0 bridgehead atoms. The number of hydrogen-bond donors (Lipinski definition) is 1. The van der Waals surface area contributed by atoms with Gasteiger partial charge in [0.05, 0.1) is 23.8 Å². The van der Waals surface area contributed by atoms with Gasteiger partial charge in [0.1, 0.15) is 0 Å². The molecule has 0 saturated carbocycles. The van der Waals surface area contributed by atoms with Crippen molar-refractivity contribution in [2.24, 2.45) is 0 Å². The Morgan fingerprint density at radius 1 is 0.895 bits per heavy atom. The normalized spacial score (nSPS) is 12.4. The average molecular weight is 534 g/mol. The summed E-state index contributed by atoms with van der Waals surface area (Å²) in [5.41, 5.74) is -3.71. The minimum absolute atomic E-state index is 0.0288. The summed E-state index contributed by atoms with van der Waals surface area (Å²) in [5, 5.41) is 13.8. The van der Waals surface area contributed by atoms with Crippen molar-refractivity contribution in [3.05, 3.63) is 83.6 Å². The van der Waals surface area contributed by atoms with Crippen LogP contribution in [-0.2, 0) is 17.1 Å². The molecule has 0 saturated heterocycles. The number of rotatable bonds is 6. The van der Waals surface area contributed by atoms with Crippen LogP contribution in [0.3, 0.4) is 0 Å². The van der Waals surface area contributed by atoms with Crippen LogP contribution in [0.5, 0.6) is 5.88 Å². The van der Waals surface area contributed by atoms with Crippen LogP contribution in [0.4, 0.5) is 26.3 Å². The van der Waals surface area contributed by atoms with E-state index in [9.17, 15) is 36.2 Å². The fraction of sp³-hybridized carbons (Fsp3) is 0.120. The summed E-state index contributed by atoms with van der Waals surface area (Å²) in [6.45, 7) is 0. The number of halogens is 6. The Hall–Kier alpha value is -4.68. The van der Waals surface area contributed by atoms with Gasteiger partial charge in [0, 0.05) is 35.2 Å². The summed E-state index contributed by atoms with van der Waals surface area (Å²) in [6, 6.07) is 11.2. The maximum atomic E-state index is 13.8. The van der Waals surface area contributed by atoms with Gasteiger partial charge in [-0.2, -0.15) is 26.3 Å². The number of carboxylic acid groups (broad SMARTS) is 1. The fourth-order valence-electron chi connectivity index (χ4n) is 3.60. The first-order valence-electron chi connectivity index (χ1n) is 10.7. The number of alkyl halides is 6. The van der Waals surface area contributed by atoms with E-state index in [1.807, 2.05) is 0 Å². The molecule has 0 amide bonds. The van der Waals surface area contributed by atoms with Gasteiger partial charge in [-0.3, -0.25) is 0 Å². The number of aliphatic carboxylic acids is 1. The first kappa shape index (κ1) is 26.4. The summed E-state index contributed by atoms with van der Waals surface area (Å²) in [7, 11) is 1.34. The molecule has 2 aromatic heterocycles. The van der Waals surface area contributed by atoms with Crippen molar-refractivity contribution in [2.45, 2.75) is 12.4 Å². The van der Waals surface area contributed by atoms with E-state index in [0.717, 1.165) is 48.8 Å². The van der Waals surface area contributed by atoms with Gasteiger partial charge in [-0.05, 0) is 18.2 Å². The zero-order chi connectivity index (χ0) is 27.7. The van der Waals surface area contributed by atoms with Crippen molar-refractivity contribution < 1.29 is 41.0 Å². The number of aromatic nitrogens is 4. The minimum Gasteiger partial charge on any atom is -0.481 e. The Labute approximate surface area is 210 Å². The number of ether oxygens (including phenoxy) is 1. The molecule has 1 N–H and O–H groups in total. The Bertz CT molecular complexity index is 1510. The molecule has 196 valence electrons. The number of benzene rings is 2. The van der Waals surface area contributed by atoms with Crippen molar-refractivity contribution in [1.29, 1.82) is 0 Å². The summed E-state index contributed by atoms with van der Waals surface area (Å²) < 4.78 is 88.1. The molecule has 0 aliphatic rings. The molecule has 0 radical (unpaired) electrons. The van der Waals surface area contributed by atoms with E-state index >= 15 is 0 Å². The Kier molecular flexibility index (Phi) is 6.94. The number of nitrogens with zero attached hydrogens (tertiary/aromatic N) is 4. The van der Waals surface area contributed by atoms with Crippen LogP contribution in [0.15, 0.2) is 66.9 Å². The third-order valence-electron chi connectivity index (χ3n) is 5.32.